The summed E-state index contributed by atoms with van der Waals surface area (Å²) in [6.07, 6.45) is 2.10. The smallest absolute Gasteiger partial charge is 0.139 e. The Labute approximate surface area is 135 Å². The molecule has 2 aromatic carbocycles. The lowest BCUT2D eigenvalue weighted by Gasteiger charge is -2.34. The number of hydrogen-bond acceptors (Lipinski definition) is 1. The zero-order chi connectivity index (χ0) is 16.5. The largest absolute Gasteiger partial charge is 0.507 e. The Balaban J connectivity index is 2.69. The van der Waals surface area contributed by atoms with Gasteiger partial charge in [0.25, 0.3) is 0 Å². The van der Waals surface area contributed by atoms with Crippen LogP contribution < -0.4 is 5.46 Å². The number of aryl methyl sites for hydroxylation is 3. The first-order valence-electron chi connectivity index (χ1n) is 8.24. The summed E-state index contributed by atoms with van der Waals surface area (Å²) >= 11 is 0. The van der Waals surface area contributed by atoms with Crippen LogP contribution in [0, 0.1) is 20.8 Å². The van der Waals surface area contributed by atoms with Crippen molar-refractivity contribution in [3.05, 3.63) is 58.1 Å². The predicted molar refractivity (Wildman–Crippen MR) is 98.3 cm³/mol. The topological polar surface area (TPSA) is 20.2 Å². The van der Waals surface area contributed by atoms with Gasteiger partial charge in [0.05, 0.1) is 0 Å². The van der Waals surface area contributed by atoms with Crippen LogP contribution in [0.25, 0.3) is 0 Å². The van der Waals surface area contributed by atoms with E-state index in [0.29, 0.717) is 5.75 Å². The van der Waals surface area contributed by atoms with Crippen LogP contribution in [0.3, 0.4) is 0 Å². The summed E-state index contributed by atoms with van der Waals surface area (Å²) in [5.74, 6) is 0.421. The van der Waals surface area contributed by atoms with Crippen LogP contribution in [0.1, 0.15) is 54.5 Å². The predicted octanol–water partition coefficient (Wildman–Crippen LogP) is 3.68. The highest BCUT2D eigenvalue weighted by atomic mass is 16.3. The molecule has 0 saturated heterocycles. The molecule has 0 aromatic heterocycles. The van der Waals surface area contributed by atoms with Gasteiger partial charge in [0.1, 0.15) is 13.6 Å². The highest BCUT2D eigenvalue weighted by molar-refractivity contribution is 6.33. The van der Waals surface area contributed by atoms with Crippen LogP contribution in [0.15, 0.2) is 30.3 Å². The molecule has 0 unspecified atom stereocenters. The minimum atomic E-state index is 0.0156. The fraction of sp³-hybridized carbons (Fsp3) is 0.400. The number of rotatable bonds is 4. The van der Waals surface area contributed by atoms with E-state index in [1.807, 2.05) is 13.8 Å². The zero-order valence-corrected chi connectivity index (χ0v) is 14.7. The quantitative estimate of drug-likeness (QED) is 0.853. The number of benzene rings is 2. The maximum absolute atomic E-state index is 10.1. The van der Waals surface area contributed by atoms with Crippen molar-refractivity contribution in [3.8, 4) is 5.75 Å². The summed E-state index contributed by atoms with van der Waals surface area (Å²) in [6.45, 7) is 10.7. The summed E-state index contributed by atoms with van der Waals surface area (Å²) in [5, 5.41) is 10.1. The molecule has 2 heteroatoms. The van der Waals surface area contributed by atoms with E-state index in [1.54, 1.807) is 0 Å². The highest BCUT2D eigenvalue weighted by Crippen LogP contribution is 2.41. The summed E-state index contributed by atoms with van der Waals surface area (Å²) in [6, 6.07) is 11.1. The summed E-state index contributed by atoms with van der Waals surface area (Å²) in [4.78, 5) is 0. The lowest BCUT2D eigenvalue weighted by Crippen LogP contribution is -2.27. The van der Waals surface area contributed by atoms with Crippen molar-refractivity contribution in [3.63, 3.8) is 0 Å². The molecule has 0 aliphatic heterocycles. The van der Waals surface area contributed by atoms with Crippen molar-refractivity contribution in [1.82, 2.24) is 0 Å². The van der Waals surface area contributed by atoms with Crippen LogP contribution >= 0.6 is 0 Å². The van der Waals surface area contributed by atoms with E-state index in [-0.39, 0.29) is 5.41 Å². The van der Waals surface area contributed by atoms with Gasteiger partial charge in [-0.05, 0) is 55.9 Å². The molecule has 0 radical (unpaired) electrons. The fourth-order valence-electron chi connectivity index (χ4n) is 3.50. The van der Waals surface area contributed by atoms with Crippen molar-refractivity contribution in [2.75, 3.05) is 0 Å². The Bertz CT molecular complexity index is 661. The van der Waals surface area contributed by atoms with Gasteiger partial charge in [0, 0.05) is 5.41 Å². The van der Waals surface area contributed by atoms with Gasteiger partial charge in [-0.2, -0.15) is 0 Å². The molecule has 0 atom stereocenters. The van der Waals surface area contributed by atoms with Crippen LogP contribution in [-0.4, -0.2) is 13.0 Å². The number of phenolic OH excluding ortho intramolecular Hbond substituents is 1. The van der Waals surface area contributed by atoms with Crippen molar-refractivity contribution in [1.29, 1.82) is 0 Å². The molecule has 0 spiro atoms. The van der Waals surface area contributed by atoms with Gasteiger partial charge in [-0.25, -0.2) is 0 Å². The molecule has 0 heterocycles. The van der Waals surface area contributed by atoms with E-state index < -0.39 is 0 Å². The Hall–Kier alpha value is -1.70. The van der Waals surface area contributed by atoms with Gasteiger partial charge < -0.3 is 5.11 Å². The first kappa shape index (κ1) is 16.7. The third-order valence-electron chi connectivity index (χ3n) is 5.31. The standard InChI is InChI=1S/C20H27BO/c1-6-20(7-2,16-8-9-18(21)13(3)10-16)17-11-14(4)19(22)15(5)12-17/h8-12,22H,6-7,21H2,1-5H3. The van der Waals surface area contributed by atoms with Crippen LogP contribution in [0.4, 0.5) is 0 Å². The summed E-state index contributed by atoms with van der Waals surface area (Å²) in [7, 11) is 2.16. The summed E-state index contributed by atoms with van der Waals surface area (Å²) < 4.78 is 0. The Kier molecular flexibility index (Phi) is 4.70. The molecule has 0 amide bonds. The van der Waals surface area contributed by atoms with Gasteiger partial charge in [0.2, 0.25) is 0 Å². The van der Waals surface area contributed by atoms with E-state index in [4.69, 9.17) is 0 Å². The molecule has 2 aromatic rings. The molecular formula is C20H27BO. The molecule has 0 aliphatic carbocycles. The van der Waals surface area contributed by atoms with Crippen molar-refractivity contribution in [2.24, 2.45) is 0 Å². The lowest BCUT2D eigenvalue weighted by atomic mass is 9.69. The first-order chi connectivity index (χ1) is 10.4. The van der Waals surface area contributed by atoms with Crippen LogP contribution in [0.5, 0.6) is 5.75 Å². The number of phenols is 1. The SMILES string of the molecule is Bc1ccc(C(CC)(CC)c2cc(C)c(O)c(C)c2)cc1C. The Morgan fingerprint density at radius 2 is 1.36 bits per heavy atom. The molecule has 0 aliphatic rings. The van der Waals surface area contributed by atoms with Crippen LogP contribution in [-0.2, 0) is 5.41 Å². The molecule has 1 N–H and O–H groups in total. The average molecular weight is 294 g/mol. The average Bonchev–Trinajstić information content (AvgIpc) is 2.50. The van der Waals surface area contributed by atoms with Crippen molar-refractivity contribution in [2.45, 2.75) is 52.9 Å². The van der Waals surface area contributed by atoms with Crippen LogP contribution in [0.2, 0.25) is 0 Å². The van der Waals surface area contributed by atoms with E-state index in [2.05, 4.69) is 58.9 Å². The van der Waals surface area contributed by atoms with Gasteiger partial charge in [-0.15, -0.1) is 0 Å². The van der Waals surface area contributed by atoms with Gasteiger partial charge in [-0.1, -0.05) is 55.2 Å². The lowest BCUT2D eigenvalue weighted by molar-refractivity contribution is 0.458. The van der Waals surface area contributed by atoms with Crippen molar-refractivity contribution < 1.29 is 5.11 Å². The molecule has 22 heavy (non-hydrogen) atoms. The van der Waals surface area contributed by atoms with Crippen molar-refractivity contribution >= 4 is 13.3 Å². The first-order valence-corrected chi connectivity index (χ1v) is 8.24. The summed E-state index contributed by atoms with van der Waals surface area (Å²) in [5.41, 5.74) is 7.31. The maximum atomic E-state index is 10.1. The Morgan fingerprint density at radius 1 is 0.864 bits per heavy atom. The minimum absolute atomic E-state index is 0.0156. The Morgan fingerprint density at radius 3 is 1.82 bits per heavy atom. The van der Waals surface area contributed by atoms with Gasteiger partial charge >= 0.3 is 0 Å². The second-order valence-electron chi connectivity index (χ2n) is 6.55. The van der Waals surface area contributed by atoms with Gasteiger partial charge in [-0.3, -0.25) is 0 Å². The molecule has 1 nitrogen and oxygen atoms in total. The fourth-order valence-corrected chi connectivity index (χ4v) is 3.50. The second-order valence-corrected chi connectivity index (χ2v) is 6.55. The molecule has 0 saturated carbocycles. The second kappa shape index (κ2) is 6.20. The molecular weight excluding hydrogens is 267 g/mol. The molecule has 116 valence electrons. The maximum Gasteiger partial charge on any atom is 0.139 e. The van der Waals surface area contributed by atoms with Gasteiger partial charge in [0.15, 0.2) is 0 Å². The third-order valence-corrected chi connectivity index (χ3v) is 5.31. The monoisotopic (exact) mass is 294 g/mol. The molecule has 0 bridgehead atoms. The molecule has 0 fully saturated rings. The minimum Gasteiger partial charge on any atom is -0.507 e. The number of aromatic hydroxyl groups is 1. The third kappa shape index (κ3) is 2.67. The normalized spacial score (nSPS) is 11.7. The van der Waals surface area contributed by atoms with E-state index >= 15 is 0 Å². The van der Waals surface area contributed by atoms with E-state index in [1.165, 1.54) is 22.2 Å². The van der Waals surface area contributed by atoms with E-state index in [9.17, 15) is 5.11 Å². The zero-order valence-electron chi connectivity index (χ0n) is 14.7. The highest BCUT2D eigenvalue weighted by Gasteiger charge is 2.31. The molecule has 2 rings (SSSR count). The van der Waals surface area contributed by atoms with E-state index in [0.717, 1.165) is 24.0 Å². The number of hydrogen-bond donors (Lipinski definition) is 1.